The molecule has 7 heteroatoms. The van der Waals surface area contributed by atoms with Gasteiger partial charge in [0.1, 0.15) is 0 Å². The predicted molar refractivity (Wildman–Crippen MR) is 69.6 cm³/mol. The highest BCUT2D eigenvalue weighted by Crippen LogP contribution is 2.21. The molecule has 0 saturated carbocycles. The Hall–Kier alpha value is -2.02. The summed E-state index contributed by atoms with van der Waals surface area (Å²) in [5.41, 5.74) is 1.31. The SMILES string of the molecule is O=c1[nH]nc(-c2cccc([N+](=O)[O-])c2)cc1CBr. The summed E-state index contributed by atoms with van der Waals surface area (Å²) >= 11 is 3.20. The molecule has 1 aromatic carbocycles. The first-order chi connectivity index (χ1) is 8.61. The summed E-state index contributed by atoms with van der Waals surface area (Å²) in [6.45, 7) is 0. The van der Waals surface area contributed by atoms with Crippen LogP contribution in [0, 0.1) is 10.1 Å². The number of H-pyrrole nitrogens is 1. The second kappa shape index (κ2) is 5.09. The van der Waals surface area contributed by atoms with E-state index < -0.39 is 4.92 Å². The van der Waals surface area contributed by atoms with Crippen molar-refractivity contribution in [1.82, 2.24) is 10.2 Å². The van der Waals surface area contributed by atoms with E-state index in [-0.39, 0.29) is 11.2 Å². The lowest BCUT2D eigenvalue weighted by atomic mass is 10.1. The fourth-order valence-corrected chi connectivity index (χ4v) is 1.89. The largest absolute Gasteiger partial charge is 0.270 e. The zero-order valence-electron chi connectivity index (χ0n) is 9.09. The number of benzene rings is 1. The van der Waals surface area contributed by atoms with Crippen LogP contribution in [0.5, 0.6) is 0 Å². The lowest BCUT2D eigenvalue weighted by Crippen LogP contribution is -2.13. The van der Waals surface area contributed by atoms with Crippen molar-refractivity contribution < 1.29 is 4.92 Å². The molecule has 1 heterocycles. The van der Waals surface area contributed by atoms with Crippen molar-refractivity contribution in [3.63, 3.8) is 0 Å². The van der Waals surface area contributed by atoms with Crippen LogP contribution >= 0.6 is 15.9 Å². The van der Waals surface area contributed by atoms with Crippen LogP contribution in [0.1, 0.15) is 5.56 Å². The Kier molecular flexibility index (Phi) is 3.52. The lowest BCUT2D eigenvalue weighted by Gasteiger charge is -2.01. The molecule has 0 amide bonds. The van der Waals surface area contributed by atoms with Gasteiger partial charge >= 0.3 is 0 Å². The van der Waals surface area contributed by atoms with Crippen molar-refractivity contribution in [3.8, 4) is 11.3 Å². The quantitative estimate of drug-likeness (QED) is 0.535. The van der Waals surface area contributed by atoms with Crippen molar-refractivity contribution in [2.45, 2.75) is 5.33 Å². The summed E-state index contributed by atoms with van der Waals surface area (Å²) in [6, 6.07) is 7.70. The number of rotatable bonds is 3. The van der Waals surface area contributed by atoms with Crippen LogP contribution in [-0.4, -0.2) is 15.1 Å². The van der Waals surface area contributed by atoms with Gasteiger partial charge in [0.05, 0.1) is 10.6 Å². The monoisotopic (exact) mass is 309 g/mol. The Bertz CT molecular complexity index is 654. The summed E-state index contributed by atoms with van der Waals surface area (Å²) in [4.78, 5) is 21.6. The molecule has 92 valence electrons. The Morgan fingerprint density at radius 1 is 1.39 bits per heavy atom. The predicted octanol–water partition coefficient (Wildman–Crippen LogP) is 2.24. The Labute approximate surface area is 110 Å². The molecule has 2 aromatic rings. The van der Waals surface area contributed by atoms with E-state index in [0.717, 1.165) is 0 Å². The first-order valence-electron chi connectivity index (χ1n) is 5.01. The molecule has 0 bridgehead atoms. The molecule has 1 aromatic heterocycles. The summed E-state index contributed by atoms with van der Waals surface area (Å²) < 4.78 is 0. The highest BCUT2D eigenvalue weighted by Gasteiger charge is 2.09. The second-order valence-corrected chi connectivity index (χ2v) is 4.11. The van der Waals surface area contributed by atoms with Crippen LogP contribution in [0.2, 0.25) is 0 Å². The van der Waals surface area contributed by atoms with Crippen molar-refractivity contribution in [3.05, 3.63) is 56.4 Å². The Morgan fingerprint density at radius 2 is 2.17 bits per heavy atom. The number of hydrogen-bond donors (Lipinski definition) is 1. The van der Waals surface area contributed by atoms with Gasteiger partial charge in [0.2, 0.25) is 0 Å². The minimum absolute atomic E-state index is 0.0131. The molecule has 0 saturated heterocycles. The van der Waals surface area contributed by atoms with E-state index in [1.807, 2.05) is 0 Å². The highest BCUT2D eigenvalue weighted by atomic mass is 79.9. The zero-order chi connectivity index (χ0) is 13.1. The fraction of sp³-hybridized carbons (Fsp3) is 0.0909. The van der Waals surface area contributed by atoms with E-state index in [9.17, 15) is 14.9 Å². The smallest absolute Gasteiger partial charge is 0.268 e. The van der Waals surface area contributed by atoms with Gasteiger partial charge in [-0.25, -0.2) is 5.10 Å². The third-order valence-corrected chi connectivity index (χ3v) is 2.98. The molecule has 1 N–H and O–H groups in total. The minimum atomic E-state index is -0.472. The second-order valence-electron chi connectivity index (χ2n) is 3.55. The molecule has 0 radical (unpaired) electrons. The van der Waals surface area contributed by atoms with Gasteiger partial charge in [-0.3, -0.25) is 14.9 Å². The highest BCUT2D eigenvalue weighted by molar-refractivity contribution is 9.08. The summed E-state index contributed by atoms with van der Waals surface area (Å²) in [6.07, 6.45) is 0. The number of aromatic nitrogens is 2. The number of halogens is 1. The molecule has 18 heavy (non-hydrogen) atoms. The van der Waals surface area contributed by atoms with Crippen LogP contribution < -0.4 is 5.56 Å². The molecule has 0 aliphatic carbocycles. The third-order valence-electron chi connectivity index (χ3n) is 2.38. The summed E-state index contributed by atoms with van der Waals surface area (Å²) in [5.74, 6) is 0. The lowest BCUT2D eigenvalue weighted by molar-refractivity contribution is -0.384. The van der Waals surface area contributed by atoms with E-state index in [4.69, 9.17) is 0 Å². The van der Waals surface area contributed by atoms with Crippen molar-refractivity contribution >= 4 is 21.6 Å². The van der Waals surface area contributed by atoms with Gasteiger partial charge < -0.3 is 0 Å². The molecular weight excluding hydrogens is 302 g/mol. The van der Waals surface area contributed by atoms with Gasteiger partial charge in [0, 0.05) is 28.6 Å². The average Bonchev–Trinajstić information content (AvgIpc) is 2.39. The number of nitro benzene ring substituents is 1. The van der Waals surface area contributed by atoms with E-state index >= 15 is 0 Å². The molecule has 0 aliphatic rings. The van der Waals surface area contributed by atoms with Crippen molar-refractivity contribution in [1.29, 1.82) is 0 Å². The Balaban J connectivity index is 2.51. The van der Waals surface area contributed by atoms with Crippen LogP contribution in [-0.2, 0) is 5.33 Å². The van der Waals surface area contributed by atoms with Gasteiger partial charge in [-0.15, -0.1) is 0 Å². The van der Waals surface area contributed by atoms with Gasteiger partial charge in [-0.2, -0.15) is 5.10 Å². The molecule has 6 nitrogen and oxygen atoms in total. The standard InChI is InChI=1S/C11H8BrN3O3/c12-6-8-5-10(13-14-11(8)16)7-2-1-3-9(4-7)15(17)18/h1-5H,6H2,(H,14,16). The fourth-order valence-electron chi connectivity index (χ4n) is 1.47. The van der Waals surface area contributed by atoms with Crippen LogP contribution in [0.3, 0.4) is 0 Å². The maximum Gasteiger partial charge on any atom is 0.270 e. The van der Waals surface area contributed by atoms with E-state index in [1.54, 1.807) is 18.2 Å². The summed E-state index contributed by atoms with van der Waals surface area (Å²) in [5, 5.41) is 17.3. The van der Waals surface area contributed by atoms with Crippen molar-refractivity contribution in [2.75, 3.05) is 0 Å². The maximum absolute atomic E-state index is 11.4. The van der Waals surface area contributed by atoms with E-state index in [1.165, 1.54) is 12.1 Å². The third kappa shape index (κ3) is 2.45. The molecule has 0 fully saturated rings. The van der Waals surface area contributed by atoms with Gasteiger partial charge in [-0.1, -0.05) is 28.1 Å². The number of nitrogens with one attached hydrogen (secondary N) is 1. The van der Waals surface area contributed by atoms with Crippen LogP contribution in [0.4, 0.5) is 5.69 Å². The first kappa shape index (κ1) is 12.4. The van der Waals surface area contributed by atoms with Crippen LogP contribution in [0.15, 0.2) is 35.1 Å². The topological polar surface area (TPSA) is 88.9 Å². The number of nitro groups is 1. The Morgan fingerprint density at radius 3 is 2.83 bits per heavy atom. The number of hydrogen-bond acceptors (Lipinski definition) is 4. The molecule has 0 unspecified atom stereocenters. The molecule has 2 rings (SSSR count). The van der Waals surface area contributed by atoms with E-state index in [0.29, 0.717) is 22.2 Å². The normalized spacial score (nSPS) is 10.3. The van der Waals surface area contributed by atoms with Crippen LogP contribution in [0.25, 0.3) is 11.3 Å². The molecular formula is C11H8BrN3O3. The number of nitrogens with zero attached hydrogens (tertiary/aromatic N) is 2. The van der Waals surface area contributed by atoms with E-state index in [2.05, 4.69) is 26.1 Å². The maximum atomic E-state index is 11.4. The van der Waals surface area contributed by atoms with Gasteiger partial charge in [-0.05, 0) is 6.07 Å². The summed E-state index contributed by atoms with van der Waals surface area (Å²) in [7, 11) is 0. The molecule has 0 spiro atoms. The van der Waals surface area contributed by atoms with Gasteiger partial charge in [0.15, 0.2) is 0 Å². The molecule has 0 atom stereocenters. The van der Waals surface area contributed by atoms with Crippen molar-refractivity contribution in [2.24, 2.45) is 0 Å². The van der Waals surface area contributed by atoms with Gasteiger partial charge in [0.25, 0.3) is 11.2 Å². The number of aromatic amines is 1. The number of non-ortho nitro benzene ring substituents is 1. The minimum Gasteiger partial charge on any atom is -0.268 e. The average molecular weight is 310 g/mol. The first-order valence-corrected chi connectivity index (χ1v) is 6.13. The zero-order valence-corrected chi connectivity index (χ0v) is 10.7. The number of alkyl halides is 1. The molecule has 0 aliphatic heterocycles.